The number of hydrogen-bond donors (Lipinski definition) is 1. The van der Waals surface area contributed by atoms with Gasteiger partial charge in [-0.3, -0.25) is 0 Å². The van der Waals surface area contributed by atoms with E-state index in [-0.39, 0.29) is 11.2 Å². The van der Waals surface area contributed by atoms with Crippen molar-refractivity contribution in [3.05, 3.63) is 40.3 Å². The quantitative estimate of drug-likeness (QED) is 0.844. The van der Waals surface area contributed by atoms with E-state index in [1.807, 2.05) is 26.0 Å². The van der Waals surface area contributed by atoms with Crippen molar-refractivity contribution < 1.29 is 4.74 Å². The molecule has 0 aliphatic carbocycles. The molecule has 0 unspecified atom stereocenters. The van der Waals surface area contributed by atoms with Gasteiger partial charge in [-0.05, 0) is 55.6 Å². The van der Waals surface area contributed by atoms with Crippen LogP contribution >= 0.6 is 11.6 Å². The zero-order valence-corrected chi connectivity index (χ0v) is 11.2. The van der Waals surface area contributed by atoms with Crippen LogP contribution in [-0.2, 0) is 0 Å². The molecular formula is C13H14ClN3O. The summed E-state index contributed by atoms with van der Waals surface area (Å²) in [5.41, 5.74) is 9.10. The van der Waals surface area contributed by atoms with Crippen LogP contribution in [0.2, 0.25) is 5.28 Å². The number of anilines is 1. The molecule has 4 nitrogen and oxygen atoms in total. The number of halogens is 1. The third-order valence-corrected chi connectivity index (χ3v) is 2.65. The number of benzene rings is 1. The SMILES string of the molecule is Cc1cc(C)cc(Oc2nc(Cl)nc(C)c2N)c1. The molecule has 0 fully saturated rings. The lowest BCUT2D eigenvalue weighted by atomic mass is 10.1. The van der Waals surface area contributed by atoms with Crippen molar-refractivity contribution in [1.82, 2.24) is 9.97 Å². The first-order chi connectivity index (χ1) is 8.45. The van der Waals surface area contributed by atoms with Crippen molar-refractivity contribution in [2.45, 2.75) is 20.8 Å². The van der Waals surface area contributed by atoms with Crippen molar-refractivity contribution >= 4 is 17.3 Å². The number of nitrogens with zero attached hydrogens (tertiary/aromatic N) is 2. The molecule has 0 amide bonds. The molecule has 0 aliphatic rings. The second-order valence-corrected chi connectivity index (χ2v) is 4.56. The molecule has 0 spiro atoms. The van der Waals surface area contributed by atoms with Crippen LogP contribution < -0.4 is 10.5 Å². The molecule has 0 aliphatic heterocycles. The molecule has 0 radical (unpaired) electrons. The van der Waals surface area contributed by atoms with Gasteiger partial charge in [0.15, 0.2) is 0 Å². The largest absolute Gasteiger partial charge is 0.437 e. The smallest absolute Gasteiger partial charge is 0.247 e. The van der Waals surface area contributed by atoms with E-state index in [2.05, 4.69) is 16.0 Å². The van der Waals surface area contributed by atoms with Crippen LogP contribution in [0.3, 0.4) is 0 Å². The van der Waals surface area contributed by atoms with Crippen LogP contribution in [0.25, 0.3) is 0 Å². The summed E-state index contributed by atoms with van der Waals surface area (Å²) in [7, 11) is 0. The van der Waals surface area contributed by atoms with Gasteiger partial charge in [-0.2, -0.15) is 4.98 Å². The first-order valence-electron chi connectivity index (χ1n) is 5.51. The Kier molecular flexibility index (Phi) is 3.39. The van der Waals surface area contributed by atoms with Crippen LogP contribution in [0, 0.1) is 20.8 Å². The Morgan fingerprint density at radius 1 is 1.06 bits per heavy atom. The summed E-state index contributed by atoms with van der Waals surface area (Å²) in [6, 6.07) is 5.89. The lowest BCUT2D eigenvalue weighted by Gasteiger charge is -2.10. The lowest BCUT2D eigenvalue weighted by molar-refractivity contribution is 0.463. The first-order valence-corrected chi connectivity index (χ1v) is 5.89. The van der Waals surface area contributed by atoms with Crippen molar-refractivity contribution in [2.75, 3.05) is 5.73 Å². The molecule has 0 bridgehead atoms. The van der Waals surface area contributed by atoms with Crippen LogP contribution in [-0.4, -0.2) is 9.97 Å². The zero-order chi connectivity index (χ0) is 13.3. The summed E-state index contributed by atoms with van der Waals surface area (Å²) in [5.74, 6) is 0.978. The van der Waals surface area contributed by atoms with E-state index in [0.717, 1.165) is 11.1 Å². The molecule has 0 atom stereocenters. The van der Waals surface area contributed by atoms with Crippen LogP contribution in [0.1, 0.15) is 16.8 Å². The molecule has 18 heavy (non-hydrogen) atoms. The number of hydrogen-bond acceptors (Lipinski definition) is 4. The molecule has 94 valence electrons. The highest BCUT2D eigenvalue weighted by molar-refractivity contribution is 6.28. The van der Waals surface area contributed by atoms with Crippen molar-refractivity contribution in [3.63, 3.8) is 0 Å². The number of aromatic nitrogens is 2. The fourth-order valence-electron chi connectivity index (χ4n) is 1.70. The van der Waals surface area contributed by atoms with Gasteiger partial charge in [0.2, 0.25) is 11.2 Å². The van der Waals surface area contributed by atoms with E-state index in [1.54, 1.807) is 6.92 Å². The highest BCUT2D eigenvalue weighted by Crippen LogP contribution is 2.29. The van der Waals surface area contributed by atoms with Gasteiger partial charge < -0.3 is 10.5 Å². The maximum atomic E-state index is 5.87. The fraction of sp³-hybridized carbons (Fsp3) is 0.231. The van der Waals surface area contributed by atoms with Crippen molar-refractivity contribution in [2.24, 2.45) is 0 Å². The number of rotatable bonds is 2. The van der Waals surface area contributed by atoms with E-state index in [4.69, 9.17) is 22.1 Å². The molecule has 2 rings (SSSR count). The van der Waals surface area contributed by atoms with Gasteiger partial charge in [-0.1, -0.05) is 6.07 Å². The van der Waals surface area contributed by atoms with Gasteiger partial charge in [0.25, 0.3) is 0 Å². The Labute approximate surface area is 111 Å². The van der Waals surface area contributed by atoms with E-state index >= 15 is 0 Å². The van der Waals surface area contributed by atoms with Gasteiger partial charge in [0.1, 0.15) is 11.4 Å². The topological polar surface area (TPSA) is 61.0 Å². The van der Waals surface area contributed by atoms with Gasteiger partial charge in [0.05, 0.1) is 5.69 Å². The zero-order valence-electron chi connectivity index (χ0n) is 10.5. The molecule has 5 heteroatoms. The molecule has 1 heterocycles. The predicted molar refractivity (Wildman–Crippen MR) is 72.2 cm³/mol. The van der Waals surface area contributed by atoms with E-state index < -0.39 is 0 Å². The van der Waals surface area contributed by atoms with Gasteiger partial charge in [0, 0.05) is 0 Å². The maximum Gasteiger partial charge on any atom is 0.247 e. The molecule has 0 saturated carbocycles. The Hall–Kier alpha value is -1.81. The monoisotopic (exact) mass is 263 g/mol. The lowest BCUT2D eigenvalue weighted by Crippen LogP contribution is -2.01. The highest BCUT2D eigenvalue weighted by Gasteiger charge is 2.10. The van der Waals surface area contributed by atoms with Crippen molar-refractivity contribution in [3.8, 4) is 11.6 Å². The molecule has 2 aromatic rings. The molecule has 2 N–H and O–H groups in total. The minimum absolute atomic E-state index is 0.126. The fourth-order valence-corrected chi connectivity index (χ4v) is 1.91. The van der Waals surface area contributed by atoms with Gasteiger partial charge in [-0.25, -0.2) is 4.98 Å². The Morgan fingerprint density at radius 3 is 2.28 bits per heavy atom. The number of aryl methyl sites for hydroxylation is 3. The predicted octanol–water partition coefficient (Wildman–Crippen LogP) is 3.43. The molecule has 0 saturated heterocycles. The summed E-state index contributed by atoms with van der Waals surface area (Å²) in [5, 5.41) is 0.126. The van der Waals surface area contributed by atoms with Gasteiger partial charge >= 0.3 is 0 Å². The Balaban J connectivity index is 2.39. The summed E-state index contributed by atoms with van der Waals surface area (Å²) < 4.78 is 5.67. The third kappa shape index (κ3) is 2.71. The average Bonchev–Trinajstić information content (AvgIpc) is 2.23. The standard InChI is InChI=1S/C13H14ClN3O/c1-7-4-8(2)6-10(5-7)18-12-11(15)9(3)16-13(14)17-12/h4-6H,15H2,1-3H3. The van der Waals surface area contributed by atoms with Crippen LogP contribution in [0.5, 0.6) is 11.6 Å². The molecular weight excluding hydrogens is 250 g/mol. The average molecular weight is 264 g/mol. The summed E-state index contributed by atoms with van der Waals surface area (Å²) in [4.78, 5) is 7.96. The minimum Gasteiger partial charge on any atom is -0.437 e. The molecule has 1 aromatic heterocycles. The number of ether oxygens (including phenoxy) is 1. The van der Waals surface area contributed by atoms with Crippen molar-refractivity contribution in [1.29, 1.82) is 0 Å². The number of nitrogens with two attached hydrogens (primary N) is 1. The van der Waals surface area contributed by atoms with Crippen LogP contribution in [0.15, 0.2) is 18.2 Å². The Bertz CT molecular complexity index is 579. The minimum atomic E-state index is 0.126. The summed E-state index contributed by atoms with van der Waals surface area (Å²) >= 11 is 5.79. The van der Waals surface area contributed by atoms with E-state index in [9.17, 15) is 0 Å². The van der Waals surface area contributed by atoms with Crippen LogP contribution in [0.4, 0.5) is 5.69 Å². The first kappa shape index (κ1) is 12.6. The Morgan fingerprint density at radius 2 is 1.67 bits per heavy atom. The summed E-state index contributed by atoms with van der Waals surface area (Å²) in [6.07, 6.45) is 0. The number of nitrogen functional groups attached to an aromatic ring is 1. The highest BCUT2D eigenvalue weighted by atomic mass is 35.5. The second-order valence-electron chi connectivity index (χ2n) is 4.22. The van der Waals surface area contributed by atoms with Gasteiger partial charge in [-0.15, -0.1) is 0 Å². The normalized spacial score (nSPS) is 10.4. The third-order valence-electron chi connectivity index (χ3n) is 2.48. The second kappa shape index (κ2) is 4.82. The van der Waals surface area contributed by atoms with E-state index in [1.165, 1.54) is 0 Å². The van der Waals surface area contributed by atoms with E-state index in [0.29, 0.717) is 17.1 Å². The maximum absolute atomic E-state index is 5.87. The molecule has 1 aromatic carbocycles. The summed E-state index contributed by atoms with van der Waals surface area (Å²) in [6.45, 7) is 5.76.